The van der Waals surface area contributed by atoms with Crippen molar-refractivity contribution in [1.29, 1.82) is 0 Å². The third-order valence-electron chi connectivity index (χ3n) is 1.49. The van der Waals surface area contributed by atoms with Gasteiger partial charge < -0.3 is 0 Å². The van der Waals surface area contributed by atoms with Crippen LogP contribution in [0.4, 0.5) is 0 Å². The van der Waals surface area contributed by atoms with E-state index in [4.69, 9.17) is 0 Å². The van der Waals surface area contributed by atoms with Crippen LogP contribution in [-0.2, 0) is 4.57 Å². The van der Waals surface area contributed by atoms with Crippen molar-refractivity contribution in [2.75, 3.05) is 13.1 Å². The van der Waals surface area contributed by atoms with Crippen LogP contribution in [0.25, 0.3) is 0 Å². The minimum absolute atomic E-state index is 0.210. The van der Waals surface area contributed by atoms with Gasteiger partial charge in [-0.2, -0.15) is 0 Å². The number of nitrogens with zero attached hydrogens (tertiary/aromatic N) is 1. The second-order valence-electron chi connectivity index (χ2n) is 2.14. The first-order valence-corrected chi connectivity index (χ1v) is 3.92. The van der Waals surface area contributed by atoms with Gasteiger partial charge in [-0.15, -0.1) is 0 Å². The van der Waals surface area contributed by atoms with Crippen molar-refractivity contribution in [3.8, 4) is 0 Å². The molecule has 1 heterocycles. The normalized spacial score (nSPS) is 24.0. The summed E-state index contributed by atoms with van der Waals surface area (Å²) in [4.78, 5) is 0. The molecular formula is C5H11NOP+. The zero-order valence-corrected chi connectivity index (χ0v) is 5.89. The highest BCUT2D eigenvalue weighted by Crippen LogP contribution is 2.14. The Morgan fingerprint density at radius 1 is 1.12 bits per heavy atom. The summed E-state index contributed by atoms with van der Waals surface area (Å²) in [5.41, 5.74) is 0. The highest BCUT2D eigenvalue weighted by molar-refractivity contribution is 7.20. The number of rotatable bonds is 1. The first-order chi connectivity index (χ1) is 3.93. The van der Waals surface area contributed by atoms with Gasteiger partial charge in [0.05, 0.1) is 0 Å². The van der Waals surface area contributed by atoms with Gasteiger partial charge in [0, 0.05) is 13.1 Å². The SMILES string of the molecule is O=[PH+]N1CCCCC1. The van der Waals surface area contributed by atoms with Crippen LogP contribution in [0.2, 0.25) is 0 Å². The van der Waals surface area contributed by atoms with E-state index >= 15 is 0 Å². The molecule has 0 aromatic carbocycles. The molecule has 0 radical (unpaired) electrons. The highest BCUT2D eigenvalue weighted by Gasteiger charge is 2.13. The Morgan fingerprint density at radius 2 is 1.75 bits per heavy atom. The lowest BCUT2D eigenvalue weighted by molar-refractivity contribution is 0.362. The van der Waals surface area contributed by atoms with Crippen molar-refractivity contribution in [2.45, 2.75) is 19.3 Å². The first kappa shape index (κ1) is 6.18. The Kier molecular flexibility index (Phi) is 2.44. The minimum Gasteiger partial charge on any atom is -0.0987 e. The van der Waals surface area contributed by atoms with Crippen LogP contribution >= 0.6 is 8.61 Å². The lowest BCUT2D eigenvalue weighted by atomic mass is 10.2. The smallest absolute Gasteiger partial charge is 0.0987 e. The number of piperidine rings is 1. The summed E-state index contributed by atoms with van der Waals surface area (Å²) in [7, 11) is -0.210. The molecule has 1 aliphatic rings. The molecule has 1 aliphatic heterocycles. The van der Waals surface area contributed by atoms with Gasteiger partial charge in [0.1, 0.15) is 0 Å². The van der Waals surface area contributed by atoms with E-state index in [2.05, 4.69) is 0 Å². The van der Waals surface area contributed by atoms with Crippen LogP contribution in [0.15, 0.2) is 0 Å². The highest BCUT2D eigenvalue weighted by atomic mass is 31.1. The second-order valence-corrected chi connectivity index (χ2v) is 2.95. The lowest BCUT2D eigenvalue weighted by Gasteiger charge is -2.12. The van der Waals surface area contributed by atoms with Crippen molar-refractivity contribution in [3.63, 3.8) is 0 Å². The molecule has 3 heteroatoms. The van der Waals surface area contributed by atoms with E-state index in [9.17, 15) is 4.57 Å². The van der Waals surface area contributed by atoms with Gasteiger partial charge in [-0.1, -0.05) is 15.7 Å². The third-order valence-corrected chi connectivity index (χ3v) is 2.19. The standard InChI is InChI=1S/C5H10NOP/c7-8-6-4-2-1-3-5-6/h1-5H2/p+1. The van der Waals surface area contributed by atoms with E-state index in [1.165, 1.54) is 19.3 Å². The van der Waals surface area contributed by atoms with Gasteiger partial charge in [0.25, 0.3) is 0 Å². The molecule has 0 aromatic heterocycles. The van der Waals surface area contributed by atoms with Gasteiger partial charge in [0.15, 0.2) is 0 Å². The molecule has 46 valence electrons. The van der Waals surface area contributed by atoms with Crippen molar-refractivity contribution in [1.82, 2.24) is 4.67 Å². The molecular weight excluding hydrogens is 121 g/mol. The zero-order valence-electron chi connectivity index (χ0n) is 4.89. The monoisotopic (exact) mass is 132 g/mol. The molecule has 1 unspecified atom stereocenters. The first-order valence-electron chi connectivity index (χ1n) is 3.06. The van der Waals surface area contributed by atoms with Crippen LogP contribution in [0.3, 0.4) is 0 Å². The summed E-state index contributed by atoms with van der Waals surface area (Å²) in [5.74, 6) is 0. The molecule has 0 bridgehead atoms. The van der Waals surface area contributed by atoms with Gasteiger partial charge in [0.2, 0.25) is 0 Å². The minimum atomic E-state index is -0.210. The number of hydrogen-bond acceptors (Lipinski definition) is 1. The molecule has 0 aromatic rings. The quantitative estimate of drug-likeness (QED) is 0.503. The predicted molar refractivity (Wildman–Crippen MR) is 34.4 cm³/mol. The fraction of sp³-hybridized carbons (Fsp3) is 1.00. The molecule has 1 rings (SSSR count). The van der Waals surface area contributed by atoms with Crippen molar-refractivity contribution < 1.29 is 4.57 Å². The van der Waals surface area contributed by atoms with Crippen molar-refractivity contribution in [3.05, 3.63) is 0 Å². The Hall–Kier alpha value is 0.0600. The molecule has 0 amide bonds. The Balaban J connectivity index is 2.22. The maximum atomic E-state index is 10.2. The molecule has 0 aliphatic carbocycles. The van der Waals surface area contributed by atoms with Crippen LogP contribution in [-0.4, -0.2) is 17.8 Å². The average molecular weight is 132 g/mol. The number of hydrogen-bond donors (Lipinski definition) is 0. The molecule has 0 spiro atoms. The average Bonchev–Trinajstić information content (AvgIpc) is 1.90. The molecule has 8 heavy (non-hydrogen) atoms. The predicted octanol–water partition coefficient (Wildman–Crippen LogP) is 1.41. The molecule has 1 saturated heterocycles. The van der Waals surface area contributed by atoms with Crippen LogP contribution in [0.1, 0.15) is 19.3 Å². The summed E-state index contributed by atoms with van der Waals surface area (Å²) < 4.78 is 12.2. The maximum absolute atomic E-state index is 10.2. The van der Waals surface area contributed by atoms with Crippen LogP contribution in [0.5, 0.6) is 0 Å². The van der Waals surface area contributed by atoms with Crippen molar-refractivity contribution in [2.24, 2.45) is 0 Å². The van der Waals surface area contributed by atoms with E-state index in [-0.39, 0.29) is 8.61 Å². The summed E-state index contributed by atoms with van der Waals surface area (Å²) in [5, 5.41) is 0. The van der Waals surface area contributed by atoms with Crippen LogP contribution < -0.4 is 0 Å². The molecule has 0 saturated carbocycles. The second kappa shape index (κ2) is 3.16. The zero-order chi connectivity index (χ0) is 5.82. The Labute approximate surface area is 51.1 Å². The fourth-order valence-corrected chi connectivity index (χ4v) is 1.48. The van der Waals surface area contributed by atoms with E-state index in [1.807, 2.05) is 4.67 Å². The van der Waals surface area contributed by atoms with Gasteiger partial charge in [-0.3, -0.25) is 0 Å². The van der Waals surface area contributed by atoms with Gasteiger partial charge in [-0.05, 0) is 12.8 Å². The molecule has 0 N–H and O–H groups in total. The largest absolute Gasteiger partial charge is 0.420 e. The Bertz CT molecular complexity index is 80.5. The maximum Gasteiger partial charge on any atom is 0.420 e. The molecule has 2 nitrogen and oxygen atoms in total. The Morgan fingerprint density at radius 3 is 2.12 bits per heavy atom. The topological polar surface area (TPSA) is 20.3 Å². The van der Waals surface area contributed by atoms with Gasteiger partial charge in [-0.25, -0.2) is 0 Å². The third kappa shape index (κ3) is 1.53. The lowest BCUT2D eigenvalue weighted by Crippen LogP contribution is -2.19. The summed E-state index contributed by atoms with van der Waals surface area (Å²) in [6.45, 7) is 2.09. The van der Waals surface area contributed by atoms with E-state index in [0.717, 1.165) is 13.1 Å². The van der Waals surface area contributed by atoms with E-state index in [1.54, 1.807) is 0 Å². The van der Waals surface area contributed by atoms with Gasteiger partial charge >= 0.3 is 8.61 Å². The molecule has 1 fully saturated rings. The molecule has 1 atom stereocenters. The summed E-state index contributed by atoms with van der Waals surface area (Å²) in [6, 6.07) is 0. The van der Waals surface area contributed by atoms with Crippen LogP contribution in [0, 0.1) is 0 Å². The summed E-state index contributed by atoms with van der Waals surface area (Å²) >= 11 is 0. The van der Waals surface area contributed by atoms with E-state index < -0.39 is 0 Å². The summed E-state index contributed by atoms with van der Waals surface area (Å²) in [6.07, 6.45) is 3.78. The van der Waals surface area contributed by atoms with E-state index in [0.29, 0.717) is 0 Å². The fourth-order valence-electron chi connectivity index (χ4n) is 0.985. The van der Waals surface area contributed by atoms with Crippen molar-refractivity contribution >= 4 is 8.61 Å².